The van der Waals surface area contributed by atoms with E-state index in [4.69, 9.17) is 9.47 Å². The fourth-order valence-corrected chi connectivity index (χ4v) is 6.12. The zero-order valence-corrected chi connectivity index (χ0v) is 20.0. The zero-order valence-electron chi connectivity index (χ0n) is 20.0. The van der Waals surface area contributed by atoms with Crippen LogP contribution in [-0.2, 0) is 9.53 Å². The summed E-state index contributed by atoms with van der Waals surface area (Å²) >= 11 is 0. The molecule has 0 radical (unpaired) electrons. The van der Waals surface area contributed by atoms with Crippen LogP contribution in [0.1, 0.15) is 64.4 Å². The number of carbonyl (C=O) groups is 2. The summed E-state index contributed by atoms with van der Waals surface area (Å²) in [4.78, 5) is 31.5. The highest BCUT2D eigenvalue weighted by atomic mass is 16.5. The van der Waals surface area contributed by atoms with E-state index in [1.54, 1.807) is 14.0 Å². The number of esters is 1. The topological polar surface area (TPSA) is 83.7 Å². The third-order valence-corrected chi connectivity index (χ3v) is 7.07. The van der Waals surface area contributed by atoms with Crippen LogP contribution in [0, 0.1) is 10.8 Å². The summed E-state index contributed by atoms with van der Waals surface area (Å²) in [6.07, 6.45) is 3.40. The summed E-state index contributed by atoms with van der Waals surface area (Å²) in [6, 6.07) is 5.57. The number of aromatic nitrogens is 1. The maximum atomic E-state index is 13.4. The molecule has 2 bridgehead atoms. The molecule has 2 fully saturated rings. The smallest absolute Gasteiger partial charge is 0.356 e. The minimum atomic E-state index is -0.489. The van der Waals surface area contributed by atoms with E-state index >= 15 is 0 Å². The molecule has 2 N–H and O–H groups in total. The Morgan fingerprint density at radius 1 is 1.28 bits per heavy atom. The van der Waals surface area contributed by atoms with Gasteiger partial charge in [0.1, 0.15) is 11.4 Å². The second kappa shape index (κ2) is 8.10. The van der Waals surface area contributed by atoms with Gasteiger partial charge in [0.05, 0.1) is 25.4 Å². The van der Waals surface area contributed by atoms with Gasteiger partial charge in [-0.3, -0.25) is 9.69 Å². The summed E-state index contributed by atoms with van der Waals surface area (Å²) in [5.74, 6) is 0.0455. The number of hydrogen-bond acceptors (Lipinski definition) is 5. The highest BCUT2D eigenvalue weighted by molar-refractivity contribution is 6.12. The van der Waals surface area contributed by atoms with Crippen molar-refractivity contribution in [2.45, 2.75) is 66.0 Å². The summed E-state index contributed by atoms with van der Waals surface area (Å²) < 4.78 is 10.6. The molecule has 174 valence electrons. The van der Waals surface area contributed by atoms with E-state index in [-0.39, 0.29) is 35.1 Å². The van der Waals surface area contributed by atoms with Gasteiger partial charge in [0.2, 0.25) is 5.91 Å². The average molecular weight is 442 g/mol. The number of nitrogens with zero attached hydrogens (tertiary/aromatic N) is 1. The SMILES string of the molecule is CCOC(=O)c1[nH]c2ccc(OC)cc2c1NC(=O)[C@@H](C)N1C[C@@]2(C)C[C@@H]1CC(C)(C)C2. The van der Waals surface area contributed by atoms with Gasteiger partial charge < -0.3 is 19.8 Å². The largest absolute Gasteiger partial charge is 0.497 e. The number of carbonyl (C=O) groups excluding carboxylic acids is 2. The van der Waals surface area contributed by atoms with Crippen molar-refractivity contribution in [1.82, 2.24) is 9.88 Å². The first kappa shape index (κ1) is 22.6. The second-order valence-electron chi connectivity index (χ2n) is 10.6. The van der Waals surface area contributed by atoms with E-state index in [1.807, 2.05) is 25.1 Å². The highest BCUT2D eigenvalue weighted by Crippen LogP contribution is 2.53. The lowest BCUT2D eigenvalue weighted by molar-refractivity contribution is -0.121. The first-order valence-corrected chi connectivity index (χ1v) is 11.5. The van der Waals surface area contributed by atoms with Crippen LogP contribution >= 0.6 is 0 Å². The lowest BCUT2D eigenvalue weighted by atomic mass is 9.65. The summed E-state index contributed by atoms with van der Waals surface area (Å²) in [5.41, 5.74) is 1.97. The van der Waals surface area contributed by atoms with E-state index in [0.717, 1.165) is 30.3 Å². The van der Waals surface area contributed by atoms with Crippen molar-refractivity contribution in [3.63, 3.8) is 0 Å². The summed E-state index contributed by atoms with van der Waals surface area (Å²) in [5, 5.41) is 3.77. The second-order valence-corrected chi connectivity index (χ2v) is 10.6. The lowest BCUT2D eigenvalue weighted by Crippen LogP contribution is -2.45. The number of aromatic amines is 1. The highest BCUT2D eigenvalue weighted by Gasteiger charge is 2.51. The van der Waals surface area contributed by atoms with Gasteiger partial charge in [-0.05, 0) is 62.1 Å². The van der Waals surface area contributed by atoms with Crippen LogP contribution in [0.4, 0.5) is 5.69 Å². The third kappa shape index (κ3) is 4.10. The molecule has 1 aromatic heterocycles. The monoisotopic (exact) mass is 441 g/mol. The first-order chi connectivity index (χ1) is 15.1. The number of amides is 1. The van der Waals surface area contributed by atoms with Crippen molar-refractivity contribution in [1.29, 1.82) is 0 Å². The van der Waals surface area contributed by atoms with E-state index in [0.29, 0.717) is 17.5 Å². The predicted molar refractivity (Wildman–Crippen MR) is 125 cm³/mol. The van der Waals surface area contributed by atoms with Gasteiger partial charge in [0, 0.05) is 23.5 Å². The van der Waals surface area contributed by atoms with E-state index in [2.05, 4.69) is 36.0 Å². The number of nitrogens with one attached hydrogen (secondary N) is 2. The fourth-order valence-electron chi connectivity index (χ4n) is 6.12. The minimum absolute atomic E-state index is 0.117. The Hall–Kier alpha value is -2.54. The van der Waals surface area contributed by atoms with Crippen molar-refractivity contribution in [3.05, 3.63) is 23.9 Å². The lowest BCUT2D eigenvalue weighted by Gasteiger charge is -2.40. The van der Waals surface area contributed by atoms with E-state index in [9.17, 15) is 9.59 Å². The normalized spacial score (nSPS) is 25.5. The first-order valence-electron chi connectivity index (χ1n) is 11.5. The number of benzene rings is 1. The third-order valence-electron chi connectivity index (χ3n) is 7.07. The average Bonchev–Trinajstić information content (AvgIpc) is 3.20. The molecule has 7 nitrogen and oxygen atoms in total. The molecule has 0 unspecified atom stereocenters. The molecule has 2 aliphatic rings. The molecule has 1 aliphatic carbocycles. The van der Waals surface area contributed by atoms with Crippen LogP contribution in [0.25, 0.3) is 10.9 Å². The Morgan fingerprint density at radius 2 is 2.03 bits per heavy atom. The fraction of sp³-hybridized carbons (Fsp3) is 0.600. The quantitative estimate of drug-likeness (QED) is 0.641. The molecule has 32 heavy (non-hydrogen) atoms. The molecule has 2 heterocycles. The standard InChI is InChI=1S/C25H35N3O4/c1-7-32-23(30)21-20(18-10-17(31-6)8-9-19(18)26-21)27-22(29)15(2)28-14-25(5)12-16(28)11-24(3,4)13-25/h8-10,15-16,26H,7,11-14H2,1-6H3,(H,27,29)/t15-,16+,25+/m1/s1. The number of H-pyrrole nitrogens is 1. The van der Waals surface area contributed by atoms with Gasteiger partial charge in [0.25, 0.3) is 0 Å². The summed E-state index contributed by atoms with van der Waals surface area (Å²) in [6.45, 7) is 11.9. The van der Waals surface area contributed by atoms with E-state index in [1.165, 1.54) is 6.42 Å². The molecule has 3 atom stereocenters. The number of hydrogen-bond donors (Lipinski definition) is 2. The van der Waals surface area contributed by atoms with Crippen LogP contribution in [0.15, 0.2) is 18.2 Å². The van der Waals surface area contributed by atoms with Crippen molar-refractivity contribution >= 4 is 28.5 Å². The summed E-state index contributed by atoms with van der Waals surface area (Å²) in [7, 11) is 1.59. The van der Waals surface area contributed by atoms with Gasteiger partial charge in [-0.2, -0.15) is 0 Å². The molecular weight excluding hydrogens is 406 g/mol. The van der Waals surface area contributed by atoms with Gasteiger partial charge >= 0.3 is 5.97 Å². The number of anilines is 1. The number of fused-ring (bicyclic) bond motifs is 3. The van der Waals surface area contributed by atoms with Crippen LogP contribution < -0.4 is 10.1 Å². The van der Waals surface area contributed by atoms with Crippen molar-refractivity contribution in [2.75, 3.05) is 25.6 Å². The number of likely N-dealkylation sites (tertiary alicyclic amines) is 1. The zero-order chi connectivity index (χ0) is 23.3. The number of methoxy groups -OCH3 is 1. The van der Waals surface area contributed by atoms with Crippen LogP contribution in [0.2, 0.25) is 0 Å². The number of rotatable bonds is 6. The molecule has 1 aromatic carbocycles. The maximum absolute atomic E-state index is 13.4. The van der Waals surface area contributed by atoms with Crippen molar-refractivity contribution < 1.29 is 19.1 Å². The van der Waals surface area contributed by atoms with Crippen LogP contribution in [0.5, 0.6) is 5.75 Å². The van der Waals surface area contributed by atoms with Crippen molar-refractivity contribution in [2.24, 2.45) is 10.8 Å². The molecule has 1 aliphatic heterocycles. The molecule has 1 amide bonds. The Balaban J connectivity index is 1.63. The van der Waals surface area contributed by atoms with Gasteiger partial charge in [-0.1, -0.05) is 20.8 Å². The minimum Gasteiger partial charge on any atom is -0.497 e. The Kier molecular flexibility index (Phi) is 5.74. The Labute approximate surface area is 189 Å². The maximum Gasteiger partial charge on any atom is 0.356 e. The Morgan fingerprint density at radius 3 is 2.72 bits per heavy atom. The molecule has 1 saturated carbocycles. The predicted octanol–water partition coefficient (Wildman–Crippen LogP) is 4.58. The van der Waals surface area contributed by atoms with Gasteiger partial charge in [-0.25, -0.2) is 4.79 Å². The molecule has 1 saturated heterocycles. The molecule has 2 aromatic rings. The molecule has 4 rings (SSSR count). The van der Waals surface area contributed by atoms with E-state index < -0.39 is 5.97 Å². The molecular formula is C25H35N3O4. The van der Waals surface area contributed by atoms with Gasteiger partial charge in [-0.15, -0.1) is 0 Å². The molecule has 7 heteroatoms. The Bertz CT molecular complexity index is 1040. The van der Waals surface area contributed by atoms with Gasteiger partial charge in [0.15, 0.2) is 0 Å². The molecule has 0 spiro atoms. The van der Waals surface area contributed by atoms with Crippen LogP contribution in [-0.4, -0.2) is 54.1 Å². The van der Waals surface area contributed by atoms with Crippen LogP contribution in [0.3, 0.4) is 0 Å². The number of ether oxygens (including phenoxy) is 2. The van der Waals surface area contributed by atoms with Crippen molar-refractivity contribution in [3.8, 4) is 5.75 Å².